The maximum Gasteiger partial charge on any atom is 0.268 e. The van der Waals surface area contributed by atoms with Crippen LogP contribution < -0.4 is 10.0 Å². The molecule has 3 atom stereocenters. The van der Waals surface area contributed by atoms with E-state index in [0.29, 0.717) is 22.7 Å². The molecule has 3 heterocycles. The first-order chi connectivity index (χ1) is 19.6. The minimum atomic E-state index is -4.08. The Morgan fingerprint density at radius 1 is 0.976 bits per heavy atom. The van der Waals surface area contributed by atoms with Crippen LogP contribution in [0, 0.1) is 5.41 Å². The van der Waals surface area contributed by atoms with Crippen molar-refractivity contribution < 1.29 is 22.8 Å². The van der Waals surface area contributed by atoms with Gasteiger partial charge in [0.05, 0.1) is 23.7 Å². The molecule has 3 amide bonds. The number of sulfonamides is 1. The third-order valence-corrected chi connectivity index (χ3v) is 10.0. The van der Waals surface area contributed by atoms with Crippen molar-refractivity contribution in [3.05, 3.63) is 63.2 Å². The smallest absolute Gasteiger partial charge is 0.268 e. The Morgan fingerprint density at radius 2 is 1.62 bits per heavy atom. The molecule has 5 rings (SSSR count). The number of likely N-dealkylation sites (tertiary alicyclic amines) is 2. The van der Waals surface area contributed by atoms with Crippen LogP contribution in [0.1, 0.15) is 37.7 Å². The third kappa shape index (κ3) is 6.12. The van der Waals surface area contributed by atoms with Crippen LogP contribution in [-0.2, 0) is 19.6 Å². The van der Waals surface area contributed by atoms with Crippen LogP contribution in [0.2, 0.25) is 15.1 Å². The van der Waals surface area contributed by atoms with Gasteiger partial charge in [-0.2, -0.15) is 0 Å². The van der Waals surface area contributed by atoms with Gasteiger partial charge in [-0.1, -0.05) is 61.6 Å². The summed E-state index contributed by atoms with van der Waals surface area (Å²) in [7, 11) is -4.08. The average molecular weight is 655 g/mol. The maximum atomic E-state index is 13.8. The van der Waals surface area contributed by atoms with Crippen molar-refractivity contribution in [3.63, 3.8) is 0 Å². The van der Waals surface area contributed by atoms with E-state index in [1.165, 1.54) is 18.2 Å². The molecule has 2 aromatic carbocycles. The van der Waals surface area contributed by atoms with Crippen molar-refractivity contribution in [2.24, 2.45) is 5.41 Å². The second kappa shape index (κ2) is 11.3. The van der Waals surface area contributed by atoms with Crippen molar-refractivity contribution in [3.8, 4) is 0 Å². The Hall–Kier alpha value is -2.83. The lowest BCUT2D eigenvalue weighted by Gasteiger charge is -2.39. The lowest BCUT2D eigenvalue weighted by Crippen LogP contribution is -2.59. The molecule has 0 unspecified atom stereocenters. The van der Waals surface area contributed by atoms with Crippen LogP contribution in [0.5, 0.6) is 0 Å². The van der Waals surface area contributed by atoms with E-state index in [4.69, 9.17) is 34.8 Å². The highest BCUT2D eigenvalue weighted by atomic mass is 35.5. The van der Waals surface area contributed by atoms with Gasteiger partial charge in [-0.05, 0) is 48.2 Å². The van der Waals surface area contributed by atoms with Crippen LogP contribution in [-0.4, -0.2) is 78.7 Å². The molecular weight excluding hydrogens is 625 g/mol. The lowest BCUT2D eigenvalue weighted by atomic mass is 9.85. The number of H-pyrrole nitrogens is 1. The number of hydrogen-bond donors (Lipinski definition) is 3. The highest BCUT2D eigenvalue weighted by Gasteiger charge is 2.49. The molecule has 0 aliphatic carbocycles. The Labute approximate surface area is 258 Å². The van der Waals surface area contributed by atoms with Gasteiger partial charge >= 0.3 is 0 Å². The van der Waals surface area contributed by atoms with Gasteiger partial charge in [-0.25, -0.2) is 13.1 Å². The van der Waals surface area contributed by atoms with Crippen LogP contribution in [0.25, 0.3) is 10.9 Å². The standard InChI is InChI=1S/C28H30Cl3N5O5S/c1-28(2,3)25(34-26(38)22-8-15-4-5-16(29)9-21(15)33-22)27(39)36-14-18-11-19(36)13-35(18)24(37)12-32-42(40,41)23-10-17(30)6-7-20(23)31/h4-10,18-19,25,32-33H,11-14H2,1-3H3,(H,34,38)/t18-,19-,25+/m0/s1. The number of benzene rings is 2. The zero-order chi connectivity index (χ0) is 30.6. The number of piperazine rings is 1. The second-order valence-corrected chi connectivity index (χ2v) is 14.7. The predicted octanol–water partition coefficient (Wildman–Crippen LogP) is 4.06. The van der Waals surface area contributed by atoms with Crippen molar-refractivity contribution in [2.75, 3.05) is 19.6 Å². The van der Waals surface area contributed by atoms with E-state index in [1.54, 1.807) is 28.0 Å². The number of fused-ring (bicyclic) bond motifs is 3. The van der Waals surface area contributed by atoms with Gasteiger partial charge in [0.25, 0.3) is 5.91 Å². The van der Waals surface area contributed by atoms with E-state index >= 15 is 0 Å². The molecule has 10 nitrogen and oxygen atoms in total. The quantitative estimate of drug-likeness (QED) is 0.354. The molecule has 2 fully saturated rings. The zero-order valence-electron chi connectivity index (χ0n) is 23.1. The number of carbonyl (C=O) groups excluding carboxylic acids is 3. The summed E-state index contributed by atoms with van der Waals surface area (Å²) >= 11 is 18.0. The molecule has 42 heavy (non-hydrogen) atoms. The number of nitrogens with zero attached hydrogens (tertiary/aromatic N) is 2. The van der Waals surface area contributed by atoms with E-state index < -0.39 is 39.8 Å². The van der Waals surface area contributed by atoms with Gasteiger partial charge in [0.2, 0.25) is 21.8 Å². The maximum absolute atomic E-state index is 13.8. The summed E-state index contributed by atoms with van der Waals surface area (Å²) in [5.74, 6) is -1.05. The SMILES string of the molecule is CC(C)(C)[C@H](NC(=O)c1cc2ccc(Cl)cc2[nH]1)C(=O)N1C[C@@H]2C[C@H]1CN2C(=O)CNS(=O)(=O)c1cc(Cl)ccc1Cl. The fraction of sp³-hybridized carbons (Fsp3) is 0.393. The predicted molar refractivity (Wildman–Crippen MR) is 161 cm³/mol. The van der Waals surface area contributed by atoms with Crippen LogP contribution in [0.4, 0.5) is 0 Å². The Morgan fingerprint density at radius 3 is 2.29 bits per heavy atom. The molecule has 14 heteroatoms. The molecule has 2 aliphatic heterocycles. The van der Waals surface area contributed by atoms with Gasteiger partial charge < -0.3 is 20.1 Å². The summed E-state index contributed by atoms with van der Waals surface area (Å²) < 4.78 is 27.8. The monoisotopic (exact) mass is 653 g/mol. The molecule has 0 radical (unpaired) electrons. The van der Waals surface area contributed by atoms with Gasteiger partial charge in [0, 0.05) is 34.0 Å². The largest absolute Gasteiger partial charge is 0.350 e. The molecule has 2 aliphatic rings. The number of halogens is 3. The Kier molecular flexibility index (Phi) is 8.27. The third-order valence-electron chi connectivity index (χ3n) is 7.66. The van der Waals surface area contributed by atoms with E-state index in [1.807, 2.05) is 26.8 Å². The first-order valence-corrected chi connectivity index (χ1v) is 15.9. The number of hydrogen-bond acceptors (Lipinski definition) is 5. The molecular formula is C28H30Cl3N5O5S. The van der Waals surface area contributed by atoms with Crippen molar-refractivity contribution in [1.82, 2.24) is 24.8 Å². The lowest BCUT2D eigenvalue weighted by molar-refractivity contribution is -0.142. The Bertz CT molecular complexity index is 1690. The summed E-state index contributed by atoms with van der Waals surface area (Å²) in [4.78, 5) is 46.1. The normalized spacial score (nSPS) is 19.4. The average Bonchev–Trinajstić information content (AvgIpc) is 3.64. The topological polar surface area (TPSA) is 132 Å². The first kappa shape index (κ1) is 30.6. The molecule has 0 spiro atoms. The number of aromatic nitrogens is 1. The van der Waals surface area contributed by atoms with Crippen LogP contribution in [0.15, 0.2) is 47.4 Å². The number of nitrogens with one attached hydrogen (secondary N) is 3. The fourth-order valence-electron chi connectivity index (χ4n) is 5.51. The fourth-order valence-corrected chi connectivity index (χ4v) is 7.41. The van der Waals surface area contributed by atoms with Gasteiger partial charge in [-0.3, -0.25) is 14.4 Å². The molecule has 2 saturated heterocycles. The zero-order valence-corrected chi connectivity index (χ0v) is 26.2. The molecule has 3 N–H and O–H groups in total. The number of aromatic amines is 1. The van der Waals surface area contributed by atoms with E-state index in [0.717, 1.165) is 5.39 Å². The highest BCUT2D eigenvalue weighted by molar-refractivity contribution is 7.89. The van der Waals surface area contributed by atoms with Gasteiger partial charge in [-0.15, -0.1) is 0 Å². The first-order valence-electron chi connectivity index (χ1n) is 13.3. The van der Waals surface area contributed by atoms with E-state index in [9.17, 15) is 22.8 Å². The molecule has 0 saturated carbocycles. The molecule has 2 bridgehead atoms. The minimum absolute atomic E-state index is 0.0110. The van der Waals surface area contributed by atoms with Gasteiger partial charge in [0.15, 0.2) is 0 Å². The van der Waals surface area contributed by atoms with E-state index in [-0.39, 0.29) is 46.0 Å². The summed E-state index contributed by atoms with van der Waals surface area (Å²) in [6, 6.07) is 9.71. The summed E-state index contributed by atoms with van der Waals surface area (Å²) in [5.41, 5.74) is 0.431. The van der Waals surface area contributed by atoms with E-state index in [2.05, 4.69) is 15.0 Å². The molecule has 3 aromatic rings. The summed E-state index contributed by atoms with van der Waals surface area (Å²) in [5, 5.41) is 4.46. The summed E-state index contributed by atoms with van der Waals surface area (Å²) in [6.07, 6.45) is 0.567. The minimum Gasteiger partial charge on any atom is -0.350 e. The van der Waals surface area contributed by atoms with Crippen molar-refractivity contribution in [1.29, 1.82) is 0 Å². The number of carbonyl (C=O) groups is 3. The summed E-state index contributed by atoms with van der Waals surface area (Å²) in [6.45, 7) is 5.73. The second-order valence-electron chi connectivity index (χ2n) is 11.7. The van der Waals surface area contributed by atoms with Crippen molar-refractivity contribution in [2.45, 2.75) is 50.2 Å². The van der Waals surface area contributed by atoms with Gasteiger partial charge in [0.1, 0.15) is 16.6 Å². The highest BCUT2D eigenvalue weighted by Crippen LogP contribution is 2.34. The van der Waals surface area contributed by atoms with Crippen molar-refractivity contribution >= 4 is 73.5 Å². The molecule has 224 valence electrons. The molecule has 1 aromatic heterocycles. The Balaban J connectivity index is 1.23. The van der Waals surface area contributed by atoms with Crippen LogP contribution in [0.3, 0.4) is 0 Å². The number of rotatable bonds is 7. The number of amides is 3. The van der Waals surface area contributed by atoms with Crippen LogP contribution >= 0.6 is 34.8 Å².